The summed E-state index contributed by atoms with van der Waals surface area (Å²) in [5, 5.41) is 4.44. The fraction of sp³-hybridized carbons (Fsp3) is 0.273. The van der Waals surface area contributed by atoms with Crippen molar-refractivity contribution in [2.24, 2.45) is 5.73 Å². The van der Waals surface area contributed by atoms with Gasteiger partial charge < -0.3 is 5.73 Å². The van der Waals surface area contributed by atoms with Crippen LogP contribution in [0.3, 0.4) is 0 Å². The molecule has 0 saturated heterocycles. The van der Waals surface area contributed by atoms with Crippen molar-refractivity contribution in [1.29, 1.82) is 0 Å². The summed E-state index contributed by atoms with van der Waals surface area (Å²) in [7, 11) is 0. The van der Waals surface area contributed by atoms with E-state index < -0.39 is 0 Å². The van der Waals surface area contributed by atoms with Gasteiger partial charge >= 0.3 is 0 Å². The van der Waals surface area contributed by atoms with E-state index in [4.69, 9.17) is 5.73 Å². The number of aryl methyl sites for hydroxylation is 1. The van der Waals surface area contributed by atoms with Crippen LogP contribution in [0.5, 0.6) is 0 Å². The van der Waals surface area contributed by atoms with Crippen LogP contribution in [0, 0.1) is 6.92 Å². The van der Waals surface area contributed by atoms with Crippen LogP contribution in [0.4, 0.5) is 0 Å². The molecule has 1 atom stereocenters. The summed E-state index contributed by atoms with van der Waals surface area (Å²) in [6.45, 7) is 3.84. The molecular formula is C11H12N2OS2. The Morgan fingerprint density at radius 1 is 1.44 bits per heavy atom. The predicted molar refractivity (Wildman–Crippen MR) is 67.2 cm³/mol. The summed E-state index contributed by atoms with van der Waals surface area (Å²) in [6.07, 6.45) is 0. The van der Waals surface area contributed by atoms with Crippen LogP contribution in [-0.4, -0.2) is 10.8 Å². The van der Waals surface area contributed by atoms with Gasteiger partial charge in [-0.15, -0.1) is 22.7 Å². The third kappa shape index (κ3) is 2.21. The van der Waals surface area contributed by atoms with Crippen LogP contribution in [-0.2, 0) is 0 Å². The first-order chi connectivity index (χ1) is 7.58. The van der Waals surface area contributed by atoms with Crippen LogP contribution < -0.4 is 5.73 Å². The quantitative estimate of drug-likeness (QED) is 0.855. The van der Waals surface area contributed by atoms with Gasteiger partial charge in [-0.1, -0.05) is 0 Å². The molecule has 0 fully saturated rings. The summed E-state index contributed by atoms with van der Waals surface area (Å²) < 4.78 is 0. The van der Waals surface area contributed by atoms with Gasteiger partial charge in [0.25, 0.3) is 0 Å². The van der Waals surface area contributed by atoms with E-state index in [0.717, 1.165) is 9.88 Å². The lowest BCUT2D eigenvalue weighted by Gasteiger charge is -1.96. The van der Waals surface area contributed by atoms with Crippen molar-refractivity contribution in [2.75, 3.05) is 0 Å². The number of thiazole rings is 1. The highest BCUT2D eigenvalue weighted by Crippen LogP contribution is 2.20. The maximum absolute atomic E-state index is 12.0. The third-order valence-electron chi connectivity index (χ3n) is 2.14. The average molecular weight is 252 g/mol. The number of hydrogen-bond acceptors (Lipinski definition) is 5. The molecule has 2 N–H and O–H groups in total. The molecule has 2 aromatic rings. The smallest absolute Gasteiger partial charge is 0.213 e. The Balaban J connectivity index is 2.27. The molecule has 1 unspecified atom stereocenters. The summed E-state index contributed by atoms with van der Waals surface area (Å²) in [6, 6.07) is 1.77. The van der Waals surface area contributed by atoms with Gasteiger partial charge in [0.05, 0.1) is 6.04 Å². The molecule has 2 aromatic heterocycles. The van der Waals surface area contributed by atoms with Crippen LogP contribution in [0.25, 0.3) is 0 Å². The molecule has 84 valence electrons. The summed E-state index contributed by atoms with van der Waals surface area (Å²) >= 11 is 3.00. The molecule has 0 aromatic carbocycles. The Morgan fingerprint density at radius 3 is 2.69 bits per heavy atom. The lowest BCUT2D eigenvalue weighted by atomic mass is 10.2. The largest absolute Gasteiger partial charge is 0.322 e. The molecule has 3 nitrogen and oxygen atoms in total. The van der Waals surface area contributed by atoms with E-state index in [1.165, 1.54) is 11.3 Å². The van der Waals surface area contributed by atoms with E-state index in [-0.39, 0.29) is 11.8 Å². The van der Waals surface area contributed by atoms with Gasteiger partial charge in [0.1, 0.15) is 10.7 Å². The zero-order chi connectivity index (χ0) is 11.7. The van der Waals surface area contributed by atoms with Crippen LogP contribution in [0.15, 0.2) is 16.8 Å². The van der Waals surface area contributed by atoms with E-state index in [9.17, 15) is 4.79 Å². The Kier molecular flexibility index (Phi) is 3.18. The SMILES string of the molecule is Cc1cc(C(=O)c2csc(C(C)N)n2)cs1. The van der Waals surface area contributed by atoms with Gasteiger partial charge in [0, 0.05) is 21.2 Å². The van der Waals surface area contributed by atoms with E-state index in [1.807, 2.05) is 25.3 Å². The number of thiophene rings is 1. The van der Waals surface area contributed by atoms with Crippen molar-refractivity contribution in [2.45, 2.75) is 19.9 Å². The predicted octanol–water partition coefficient (Wildman–Crippen LogP) is 2.76. The average Bonchev–Trinajstić information content (AvgIpc) is 2.84. The Bertz CT molecular complexity index is 514. The van der Waals surface area contributed by atoms with E-state index in [1.54, 1.807) is 16.7 Å². The lowest BCUT2D eigenvalue weighted by molar-refractivity contribution is 0.103. The van der Waals surface area contributed by atoms with E-state index in [0.29, 0.717) is 11.3 Å². The van der Waals surface area contributed by atoms with E-state index >= 15 is 0 Å². The molecule has 5 heteroatoms. The Hall–Kier alpha value is -1.04. The molecule has 0 radical (unpaired) electrons. The molecule has 0 aliphatic heterocycles. The van der Waals surface area contributed by atoms with Crippen LogP contribution in [0.1, 0.15) is 38.9 Å². The number of nitrogens with zero attached hydrogens (tertiary/aromatic N) is 1. The minimum absolute atomic E-state index is 0.0208. The minimum atomic E-state index is -0.115. The summed E-state index contributed by atoms with van der Waals surface area (Å²) in [4.78, 5) is 17.4. The van der Waals surface area contributed by atoms with Crippen molar-refractivity contribution in [1.82, 2.24) is 4.98 Å². The number of carbonyl (C=O) groups is 1. The molecule has 16 heavy (non-hydrogen) atoms. The van der Waals surface area contributed by atoms with Gasteiger partial charge in [0.2, 0.25) is 5.78 Å². The second-order valence-corrected chi connectivity index (χ2v) is 5.64. The topological polar surface area (TPSA) is 56.0 Å². The highest BCUT2D eigenvalue weighted by molar-refractivity contribution is 7.10. The molecule has 0 saturated carbocycles. The molecule has 2 rings (SSSR count). The fourth-order valence-corrected chi connectivity index (χ4v) is 2.75. The molecule has 0 amide bonds. The zero-order valence-corrected chi connectivity index (χ0v) is 10.7. The molecule has 0 aliphatic carbocycles. The van der Waals surface area contributed by atoms with Gasteiger partial charge in [-0.25, -0.2) is 4.98 Å². The number of aromatic nitrogens is 1. The first-order valence-electron chi connectivity index (χ1n) is 4.89. The van der Waals surface area contributed by atoms with E-state index in [2.05, 4.69) is 4.98 Å². The monoisotopic (exact) mass is 252 g/mol. The van der Waals surface area contributed by atoms with Gasteiger partial charge in [0.15, 0.2) is 0 Å². The lowest BCUT2D eigenvalue weighted by Crippen LogP contribution is -2.06. The maximum atomic E-state index is 12.0. The number of nitrogens with two attached hydrogens (primary N) is 1. The van der Waals surface area contributed by atoms with Crippen molar-refractivity contribution in [3.05, 3.63) is 38.0 Å². The van der Waals surface area contributed by atoms with Crippen molar-refractivity contribution >= 4 is 28.5 Å². The second kappa shape index (κ2) is 4.45. The van der Waals surface area contributed by atoms with Gasteiger partial charge in [-0.3, -0.25) is 4.79 Å². The van der Waals surface area contributed by atoms with Crippen molar-refractivity contribution < 1.29 is 4.79 Å². The first-order valence-corrected chi connectivity index (χ1v) is 6.64. The molecule has 2 heterocycles. The molecule has 0 spiro atoms. The maximum Gasteiger partial charge on any atom is 0.213 e. The minimum Gasteiger partial charge on any atom is -0.322 e. The third-order valence-corrected chi connectivity index (χ3v) is 4.04. The van der Waals surface area contributed by atoms with Crippen LogP contribution in [0.2, 0.25) is 0 Å². The normalized spacial score (nSPS) is 12.7. The number of carbonyl (C=O) groups excluding carboxylic acids is 1. The second-order valence-electron chi connectivity index (χ2n) is 3.63. The Morgan fingerprint density at radius 2 is 2.19 bits per heavy atom. The zero-order valence-electron chi connectivity index (χ0n) is 9.06. The summed E-state index contributed by atoms with van der Waals surface area (Å²) in [5.41, 5.74) is 6.92. The van der Waals surface area contributed by atoms with Crippen LogP contribution >= 0.6 is 22.7 Å². The molecule has 0 aliphatic rings. The standard InChI is InChI=1S/C11H12N2OS2/c1-6-3-8(4-15-6)10(14)9-5-16-11(13-9)7(2)12/h3-5,7H,12H2,1-2H3. The number of rotatable bonds is 3. The number of hydrogen-bond donors (Lipinski definition) is 1. The van der Waals surface area contributed by atoms with Gasteiger partial charge in [-0.05, 0) is 19.9 Å². The Labute approximate surface area is 102 Å². The first kappa shape index (κ1) is 11.4. The number of ketones is 1. The van der Waals surface area contributed by atoms with Crippen molar-refractivity contribution in [3.8, 4) is 0 Å². The summed E-state index contributed by atoms with van der Waals surface area (Å²) in [5.74, 6) is -0.0208. The van der Waals surface area contributed by atoms with Gasteiger partial charge in [-0.2, -0.15) is 0 Å². The molecular weight excluding hydrogens is 240 g/mol. The highest BCUT2D eigenvalue weighted by atomic mass is 32.1. The molecule has 0 bridgehead atoms. The van der Waals surface area contributed by atoms with Crippen molar-refractivity contribution in [3.63, 3.8) is 0 Å². The highest BCUT2D eigenvalue weighted by Gasteiger charge is 2.15. The fourth-order valence-electron chi connectivity index (χ4n) is 1.31.